The zero-order valence-corrected chi connectivity index (χ0v) is 8.25. The Balaban J connectivity index is 2.18. The maximum atomic E-state index is 5.45. The Morgan fingerprint density at radius 3 is 2.62 bits per heavy atom. The standard InChI is InChI=1S/C10H8N6/c11-10-14-9(15-16-10)6-1-2-7-8(5-6)13-4-3-12-7/h1-5H,(H3,11,14,15,16). The summed E-state index contributed by atoms with van der Waals surface area (Å²) < 4.78 is 0. The minimum absolute atomic E-state index is 0.231. The minimum atomic E-state index is 0.231. The molecule has 6 heteroatoms. The molecule has 3 aromatic rings. The number of nitrogen functional groups attached to an aromatic ring is 1. The SMILES string of the molecule is Nc1n[nH]c(-c2ccc3nccnc3c2)n1. The molecule has 2 heterocycles. The van der Waals surface area contributed by atoms with Crippen LogP contribution in [0.5, 0.6) is 0 Å². The molecule has 2 aromatic heterocycles. The highest BCUT2D eigenvalue weighted by Gasteiger charge is 2.04. The fourth-order valence-corrected chi connectivity index (χ4v) is 1.51. The van der Waals surface area contributed by atoms with Gasteiger partial charge in [-0.05, 0) is 18.2 Å². The lowest BCUT2D eigenvalue weighted by Gasteiger charge is -1.98. The molecule has 0 aliphatic carbocycles. The summed E-state index contributed by atoms with van der Waals surface area (Å²) in [6.07, 6.45) is 3.31. The molecule has 0 spiro atoms. The average Bonchev–Trinajstić information content (AvgIpc) is 2.75. The van der Waals surface area contributed by atoms with Crippen LogP contribution < -0.4 is 5.73 Å². The number of aromatic nitrogens is 5. The zero-order valence-electron chi connectivity index (χ0n) is 8.25. The molecule has 78 valence electrons. The lowest BCUT2D eigenvalue weighted by Crippen LogP contribution is -1.86. The quantitative estimate of drug-likeness (QED) is 0.627. The second kappa shape index (κ2) is 3.27. The van der Waals surface area contributed by atoms with Crippen molar-refractivity contribution in [3.05, 3.63) is 30.6 Å². The van der Waals surface area contributed by atoms with Gasteiger partial charge in [-0.15, -0.1) is 5.10 Å². The van der Waals surface area contributed by atoms with E-state index in [1.54, 1.807) is 12.4 Å². The van der Waals surface area contributed by atoms with Gasteiger partial charge < -0.3 is 5.73 Å². The number of rotatable bonds is 1. The highest BCUT2D eigenvalue weighted by molar-refractivity contribution is 5.79. The van der Waals surface area contributed by atoms with Crippen molar-refractivity contribution in [2.45, 2.75) is 0 Å². The molecule has 0 saturated carbocycles. The molecule has 3 N–H and O–H groups in total. The van der Waals surface area contributed by atoms with Crippen molar-refractivity contribution < 1.29 is 0 Å². The normalized spacial score (nSPS) is 10.8. The van der Waals surface area contributed by atoms with Crippen LogP contribution >= 0.6 is 0 Å². The van der Waals surface area contributed by atoms with Crippen molar-refractivity contribution in [1.82, 2.24) is 25.1 Å². The molecule has 0 atom stereocenters. The smallest absolute Gasteiger partial charge is 0.239 e. The molecule has 0 fully saturated rings. The number of benzene rings is 1. The van der Waals surface area contributed by atoms with E-state index >= 15 is 0 Å². The first-order valence-electron chi connectivity index (χ1n) is 4.72. The summed E-state index contributed by atoms with van der Waals surface area (Å²) in [6, 6.07) is 5.68. The van der Waals surface area contributed by atoms with Gasteiger partial charge in [0, 0.05) is 18.0 Å². The van der Waals surface area contributed by atoms with Gasteiger partial charge in [-0.3, -0.25) is 15.1 Å². The zero-order chi connectivity index (χ0) is 11.0. The van der Waals surface area contributed by atoms with Crippen LogP contribution in [0, 0.1) is 0 Å². The molecule has 0 aliphatic heterocycles. The van der Waals surface area contributed by atoms with Gasteiger partial charge >= 0.3 is 0 Å². The third-order valence-corrected chi connectivity index (χ3v) is 2.25. The van der Waals surface area contributed by atoms with Gasteiger partial charge in [-0.25, -0.2) is 0 Å². The minimum Gasteiger partial charge on any atom is -0.366 e. The van der Waals surface area contributed by atoms with E-state index in [2.05, 4.69) is 25.1 Å². The van der Waals surface area contributed by atoms with Crippen molar-refractivity contribution in [3.8, 4) is 11.4 Å². The van der Waals surface area contributed by atoms with Gasteiger partial charge in [0.15, 0.2) is 5.82 Å². The summed E-state index contributed by atoms with van der Waals surface area (Å²) in [5.74, 6) is 0.860. The van der Waals surface area contributed by atoms with Gasteiger partial charge in [-0.1, -0.05) is 0 Å². The third kappa shape index (κ3) is 1.36. The predicted octanol–water partition coefficient (Wildman–Crippen LogP) is 0.997. The number of aromatic amines is 1. The highest BCUT2D eigenvalue weighted by atomic mass is 15.3. The van der Waals surface area contributed by atoms with Crippen molar-refractivity contribution in [2.24, 2.45) is 0 Å². The molecule has 0 aliphatic rings. The molecule has 0 unspecified atom stereocenters. The number of nitrogens with zero attached hydrogens (tertiary/aromatic N) is 4. The Morgan fingerprint density at radius 1 is 1.06 bits per heavy atom. The van der Waals surface area contributed by atoms with E-state index in [1.807, 2.05) is 18.2 Å². The van der Waals surface area contributed by atoms with E-state index < -0.39 is 0 Å². The summed E-state index contributed by atoms with van der Waals surface area (Å²) in [5, 5.41) is 6.53. The number of nitrogens with one attached hydrogen (secondary N) is 1. The van der Waals surface area contributed by atoms with Crippen molar-refractivity contribution in [3.63, 3.8) is 0 Å². The largest absolute Gasteiger partial charge is 0.366 e. The van der Waals surface area contributed by atoms with E-state index in [9.17, 15) is 0 Å². The number of H-pyrrole nitrogens is 1. The maximum absolute atomic E-state index is 5.45. The summed E-state index contributed by atoms with van der Waals surface area (Å²) >= 11 is 0. The molecule has 1 aromatic carbocycles. The summed E-state index contributed by atoms with van der Waals surface area (Å²) in [6.45, 7) is 0. The average molecular weight is 212 g/mol. The number of nitrogens with two attached hydrogens (primary N) is 1. The number of anilines is 1. The Kier molecular flexibility index (Phi) is 1.79. The molecule has 0 radical (unpaired) electrons. The van der Waals surface area contributed by atoms with Gasteiger partial charge in [0.25, 0.3) is 0 Å². The van der Waals surface area contributed by atoms with E-state index in [0.717, 1.165) is 16.6 Å². The number of fused-ring (bicyclic) bond motifs is 1. The topological polar surface area (TPSA) is 93.4 Å². The van der Waals surface area contributed by atoms with Crippen LogP contribution in [0.25, 0.3) is 22.4 Å². The number of hydrogen-bond donors (Lipinski definition) is 2. The van der Waals surface area contributed by atoms with Crippen LogP contribution in [0.1, 0.15) is 0 Å². The molecule has 6 nitrogen and oxygen atoms in total. The molecule has 0 amide bonds. The van der Waals surface area contributed by atoms with Crippen LogP contribution in [0.2, 0.25) is 0 Å². The number of hydrogen-bond acceptors (Lipinski definition) is 5. The lowest BCUT2D eigenvalue weighted by molar-refractivity contribution is 1.10. The van der Waals surface area contributed by atoms with Crippen LogP contribution in [0.3, 0.4) is 0 Å². The van der Waals surface area contributed by atoms with E-state index in [0.29, 0.717) is 5.82 Å². The van der Waals surface area contributed by atoms with Crippen LogP contribution in [0.4, 0.5) is 5.95 Å². The second-order valence-electron chi connectivity index (χ2n) is 3.30. The maximum Gasteiger partial charge on any atom is 0.239 e. The summed E-state index contributed by atoms with van der Waals surface area (Å²) in [4.78, 5) is 12.5. The molecular formula is C10H8N6. The van der Waals surface area contributed by atoms with Gasteiger partial charge in [0.2, 0.25) is 5.95 Å². The van der Waals surface area contributed by atoms with E-state index in [4.69, 9.17) is 5.73 Å². The lowest BCUT2D eigenvalue weighted by atomic mass is 10.2. The fourth-order valence-electron chi connectivity index (χ4n) is 1.51. The first-order valence-corrected chi connectivity index (χ1v) is 4.72. The van der Waals surface area contributed by atoms with Crippen molar-refractivity contribution in [1.29, 1.82) is 0 Å². The van der Waals surface area contributed by atoms with E-state index in [-0.39, 0.29) is 5.95 Å². The van der Waals surface area contributed by atoms with Crippen LogP contribution in [-0.2, 0) is 0 Å². The van der Waals surface area contributed by atoms with Crippen molar-refractivity contribution in [2.75, 3.05) is 5.73 Å². The second-order valence-corrected chi connectivity index (χ2v) is 3.30. The Bertz CT molecular complexity index is 644. The third-order valence-electron chi connectivity index (χ3n) is 2.25. The molecule has 0 bridgehead atoms. The monoisotopic (exact) mass is 212 g/mol. The van der Waals surface area contributed by atoms with Crippen LogP contribution in [0.15, 0.2) is 30.6 Å². The Labute approximate surface area is 90.6 Å². The summed E-state index contributed by atoms with van der Waals surface area (Å²) in [5.41, 5.74) is 7.99. The predicted molar refractivity (Wildman–Crippen MR) is 59.3 cm³/mol. The molecular weight excluding hydrogens is 204 g/mol. The van der Waals surface area contributed by atoms with Crippen molar-refractivity contribution >= 4 is 17.0 Å². The van der Waals surface area contributed by atoms with E-state index in [1.165, 1.54) is 0 Å². The molecule has 0 saturated heterocycles. The van der Waals surface area contributed by atoms with Gasteiger partial charge in [0.1, 0.15) is 0 Å². The fraction of sp³-hybridized carbons (Fsp3) is 0. The van der Waals surface area contributed by atoms with Gasteiger partial charge in [-0.2, -0.15) is 4.98 Å². The first-order chi connectivity index (χ1) is 7.83. The Morgan fingerprint density at radius 2 is 1.88 bits per heavy atom. The van der Waals surface area contributed by atoms with Crippen LogP contribution in [-0.4, -0.2) is 25.1 Å². The molecule has 16 heavy (non-hydrogen) atoms. The highest BCUT2D eigenvalue weighted by Crippen LogP contribution is 2.19. The summed E-state index contributed by atoms with van der Waals surface area (Å²) in [7, 11) is 0. The van der Waals surface area contributed by atoms with Gasteiger partial charge in [0.05, 0.1) is 11.0 Å². The molecule has 3 rings (SSSR count). The Hall–Kier alpha value is -2.50. The first kappa shape index (κ1) is 8.78.